The normalized spacial score (nSPS) is 13.8. The Labute approximate surface area is 375 Å². The summed E-state index contributed by atoms with van der Waals surface area (Å²) in [6.45, 7) is 5.13. The van der Waals surface area contributed by atoms with Gasteiger partial charge in [0.25, 0.3) is 0 Å². The molecule has 4 heterocycles. The van der Waals surface area contributed by atoms with Crippen LogP contribution in [0.25, 0.3) is 98.3 Å². The van der Waals surface area contributed by atoms with Gasteiger partial charge < -0.3 is 9.47 Å². The van der Waals surface area contributed by atoms with Crippen LogP contribution in [0.5, 0.6) is 0 Å². The van der Waals surface area contributed by atoms with Crippen molar-refractivity contribution in [3.63, 3.8) is 0 Å². The molecular formula is C59H40N4S. The number of thiophene rings is 1. The van der Waals surface area contributed by atoms with Gasteiger partial charge in [0.1, 0.15) is 0 Å². The summed E-state index contributed by atoms with van der Waals surface area (Å²) in [5, 5.41) is 5.03. The number of benzene rings is 8. The third-order valence-electron chi connectivity index (χ3n) is 12.4. The molecular weight excluding hydrogens is 797 g/mol. The van der Waals surface area contributed by atoms with Crippen LogP contribution in [-0.2, 0) is 0 Å². The number of allylic oxidation sites excluding steroid dienone is 4. The van der Waals surface area contributed by atoms with Gasteiger partial charge in [0.15, 0.2) is 5.82 Å². The molecule has 1 aliphatic rings. The average Bonchev–Trinajstić information content (AvgIpc) is 3.92. The van der Waals surface area contributed by atoms with Crippen LogP contribution in [0.2, 0.25) is 0 Å². The van der Waals surface area contributed by atoms with Crippen molar-refractivity contribution in [1.29, 1.82) is 0 Å². The van der Waals surface area contributed by atoms with Gasteiger partial charge in [-0.05, 0) is 77.4 Å². The first-order chi connectivity index (χ1) is 31.6. The van der Waals surface area contributed by atoms with Crippen LogP contribution >= 0.6 is 11.3 Å². The van der Waals surface area contributed by atoms with Crippen molar-refractivity contribution in [3.05, 3.63) is 231 Å². The Bertz CT molecular complexity index is 3610. The summed E-state index contributed by atoms with van der Waals surface area (Å²) in [6, 6.07) is 69.6. The van der Waals surface area contributed by atoms with Crippen molar-refractivity contribution in [2.24, 2.45) is 0 Å². The molecule has 0 saturated heterocycles. The number of rotatable bonds is 6. The molecule has 0 aliphatic carbocycles. The summed E-state index contributed by atoms with van der Waals surface area (Å²) < 4.78 is 5.01. The minimum absolute atomic E-state index is 0.664. The van der Waals surface area contributed by atoms with E-state index >= 15 is 0 Å². The summed E-state index contributed by atoms with van der Waals surface area (Å²) in [7, 11) is 0. The molecule has 4 nitrogen and oxygen atoms in total. The predicted octanol–water partition coefficient (Wildman–Crippen LogP) is 15.9. The van der Waals surface area contributed by atoms with Gasteiger partial charge in [-0.15, -0.1) is 11.3 Å². The Morgan fingerprint density at radius 1 is 0.453 bits per heavy atom. The summed E-state index contributed by atoms with van der Waals surface area (Å²) in [5.74, 6) is 0.675. The average molecular weight is 837 g/mol. The third-order valence-corrected chi connectivity index (χ3v) is 13.5. The molecule has 12 rings (SSSR count). The Kier molecular flexibility index (Phi) is 9.20. The molecule has 0 radical (unpaired) electrons. The Morgan fingerprint density at radius 2 is 1.08 bits per heavy atom. The SMILES string of the molecule is C=C1/C=C\C=C/CN(c2cc(-c3cc(-c4ccc(-c5ccc6sc7ccccc7c6c5)cc4)nc(-c4ccccc4)n3)cc(-n3c4ccccc4c4ccccc43)c2)c2ccccc21. The van der Waals surface area contributed by atoms with Gasteiger partial charge in [0.2, 0.25) is 0 Å². The van der Waals surface area contributed by atoms with E-state index < -0.39 is 0 Å². The molecule has 1 aliphatic heterocycles. The molecule has 64 heavy (non-hydrogen) atoms. The van der Waals surface area contributed by atoms with Crippen LogP contribution in [0.15, 0.2) is 225 Å². The lowest BCUT2D eigenvalue weighted by Crippen LogP contribution is -2.18. The first kappa shape index (κ1) is 37.6. The molecule has 5 heteroatoms. The van der Waals surface area contributed by atoms with E-state index in [1.54, 1.807) is 0 Å². The molecule has 0 saturated carbocycles. The van der Waals surface area contributed by atoms with Gasteiger partial charge in [-0.3, -0.25) is 0 Å². The molecule has 0 unspecified atom stereocenters. The number of aromatic nitrogens is 3. The second kappa shape index (κ2) is 15.7. The minimum atomic E-state index is 0.664. The van der Waals surface area contributed by atoms with E-state index in [9.17, 15) is 0 Å². The second-order valence-corrected chi connectivity index (χ2v) is 17.3. The van der Waals surface area contributed by atoms with Crippen molar-refractivity contribution in [1.82, 2.24) is 14.5 Å². The van der Waals surface area contributed by atoms with Crippen LogP contribution in [0.1, 0.15) is 5.56 Å². The second-order valence-electron chi connectivity index (χ2n) is 16.3. The van der Waals surface area contributed by atoms with Gasteiger partial charge in [-0.2, -0.15) is 0 Å². The molecule has 3 aromatic heterocycles. The highest BCUT2D eigenvalue weighted by Crippen LogP contribution is 2.41. The van der Waals surface area contributed by atoms with E-state index in [4.69, 9.17) is 9.97 Å². The lowest BCUT2D eigenvalue weighted by molar-refractivity contribution is 1.08. The number of hydrogen-bond acceptors (Lipinski definition) is 4. The minimum Gasteiger partial charge on any atom is -0.337 e. The Morgan fingerprint density at radius 3 is 1.88 bits per heavy atom. The van der Waals surface area contributed by atoms with E-state index in [1.807, 2.05) is 29.5 Å². The standard InChI is InChI=1S/C59H40N4S/c1-39-16-4-3-15-33-62(54-23-11-7-19-47(39)54)45-34-44(35-46(37-45)63-55-24-12-8-20-48(55)49-21-9-13-25-56(49)63)53-38-52(60-59(61-53)42-17-5-2-6-18-42)41-29-27-40(28-30-41)43-31-32-58-51(36-43)50-22-10-14-26-57(50)64-58/h2-32,34-38H,1,33H2/b15-3-,16-4-. The van der Waals surface area contributed by atoms with Crippen LogP contribution in [-0.4, -0.2) is 21.1 Å². The van der Waals surface area contributed by atoms with Crippen LogP contribution in [0, 0.1) is 0 Å². The van der Waals surface area contributed by atoms with Crippen LogP contribution in [0.3, 0.4) is 0 Å². The van der Waals surface area contributed by atoms with E-state index in [0.717, 1.165) is 67.3 Å². The maximum absolute atomic E-state index is 5.38. The first-order valence-corrected chi connectivity index (χ1v) is 22.4. The highest BCUT2D eigenvalue weighted by Gasteiger charge is 2.20. The first-order valence-electron chi connectivity index (χ1n) is 21.6. The van der Waals surface area contributed by atoms with Crippen molar-refractivity contribution < 1.29 is 0 Å². The fourth-order valence-corrected chi connectivity index (χ4v) is 10.3. The molecule has 0 amide bonds. The zero-order valence-electron chi connectivity index (χ0n) is 34.9. The van der Waals surface area contributed by atoms with Crippen molar-refractivity contribution >= 4 is 70.3 Å². The molecule has 302 valence electrons. The molecule has 0 bridgehead atoms. The van der Waals surface area contributed by atoms with Crippen LogP contribution < -0.4 is 4.90 Å². The molecule has 0 spiro atoms. The quantitative estimate of drug-likeness (QED) is 0.167. The monoisotopic (exact) mass is 836 g/mol. The summed E-state index contributed by atoms with van der Waals surface area (Å²) >= 11 is 1.85. The zero-order valence-corrected chi connectivity index (χ0v) is 35.7. The number of para-hydroxylation sites is 3. The molecule has 0 atom stereocenters. The molecule has 0 fully saturated rings. The number of hydrogen-bond donors (Lipinski definition) is 0. The number of nitrogens with zero attached hydrogens (tertiary/aromatic N) is 4. The topological polar surface area (TPSA) is 34.0 Å². The van der Waals surface area contributed by atoms with E-state index in [-0.39, 0.29) is 0 Å². The van der Waals surface area contributed by atoms with Gasteiger partial charge in [-0.1, -0.05) is 164 Å². The Hall–Kier alpha value is -8.12. The highest BCUT2D eigenvalue weighted by molar-refractivity contribution is 7.25. The van der Waals surface area contributed by atoms with Crippen molar-refractivity contribution in [2.45, 2.75) is 0 Å². The lowest BCUT2D eigenvalue weighted by Gasteiger charge is -2.27. The van der Waals surface area contributed by atoms with Gasteiger partial charge >= 0.3 is 0 Å². The maximum atomic E-state index is 5.38. The van der Waals surface area contributed by atoms with Gasteiger partial charge in [-0.25, -0.2) is 9.97 Å². The Balaban J connectivity index is 1.05. The third kappa shape index (κ3) is 6.62. The van der Waals surface area contributed by atoms with Crippen molar-refractivity contribution in [2.75, 3.05) is 11.4 Å². The van der Waals surface area contributed by atoms with Gasteiger partial charge in [0.05, 0.1) is 22.4 Å². The largest absolute Gasteiger partial charge is 0.337 e. The summed E-state index contributed by atoms with van der Waals surface area (Å²) in [6.07, 6.45) is 8.48. The molecule has 11 aromatic rings. The summed E-state index contributed by atoms with van der Waals surface area (Å²) in [5.41, 5.74) is 14.6. The fourth-order valence-electron chi connectivity index (χ4n) is 9.26. The fraction of sp³-hybridized carbons (Fsp3) is 0.0169. The lowest BCUT2D eigenvalue weighted by atomic mass is 9.99. The zero-order chi connectivity index (χ0) is 42.6. The van der Waals surface area contributed by atoms with E-state index in [2.05, 4.69) is 216 Å². The predicted molar refractivity (Wildman–Crippen MR) is 272 cm³/mol. The smallest absolute Gasteiger partial charge is 0.160 e. The van der Waals surface area contributed by atoms with Gasteiger partial charge in [0, 0.05) is 76.8 Å². The summed E-state index contributed by atoms with van der Waals surface area (Å²) in [4.78, 5) is 13.0. The highest BCUT2D eigenvalue weighted by atomic mass is 32.1. The maximum Gasteiger partial charge on any atom is 0.160 e. The van der Waals surface area contributed by atoms with E-state index in [1.165, 1.54) is 42.1 Å². The molecule has 8 aromatic carbocycles. The van der Waals surface area contributed by atoms with Crippen molar-refractivity contribution in [3.8, 4) is 50.7 Å². The number of fused-ring (bicyclic) bond motifs is 7. The van der Waals surface area contributed by atoms with Crippen LogP contribution in [0.4, 0.5) is 11.4 Å². The van der Waals surface area contributed by atoms with E-state index in [0.29, 0.717) is 12.4 Å². The number of anilines is 2. The molecule has 0 N–H and O–H groups in total.